The number of halogens is 1. The van der Waals surface area contributed by atoms with E-state index in [2.05, 4.69) is 33.2 Å². The fourth-order valence-corrected chi connectivity index (χ4v) is 3.07. The van der Waals surface area contributed by atoms with Crippen LogP contribution in [0.4, 0.5) is 0 Å². The van der Waals surface area contributed by atoms with Gasteiger partial charge in [-0.25, -0.2) is 14.6 Å². The summed E-state index contributed by atoms with van der Waals surface area (Å²) >= 11 is 5.94. The zero-order chi connectivity index (χ0) is 21.8. The summed E-state index contributed by atoms with van der Waals surface area (Å²) in [6.07, 6.45) is 10.3. The highest BCUT2D eigenvalue weighted by molar-refractivity contribution is 6.30. The topological polar surface area (TPSA) is 109 Å². The lowest BCUT2D eigenvalue weighted by Gasteiger charge is -2.26. The Hall–Kier alpha value is -2.97. The molecule has 0 saturated carbocycles. The number of carboxylic acid groups (broad SMARTS) is 2. The lowest BCUT2D eigenvalue weighted by atomic mass is 9.99. The molecule has 2 heterocycles. The number of hydrogen-bond donors (Lipinski definition) is 2. The Morgan fingerprint density at radius 2 is 1.73 bits per heavy atom. The average Bonchev–Trinajstić information content (AvgIpc) is 3.25. The molecule has 9 heteroatoms. The minimum absolute atomic E-state index is 0.558. The van der Waals surface area contributed by atoms with Crippen molar-refractivity contribution in [2.75, 3.05) is 19.6 Å². The van der Waals surface area contributed by atoms with Gasteiger partial charge in [-0.1, -0.05) is 29.8 Å². The van der Waals surface area contributed by atoms with E-state index in [4.69, 9.17) is 21.8 Å². The Labute approximate surface area is 180 Å². The van der Waals surface area contributed by atoms with Crippen molar-refractivity contribution in [3.8, 4) is 0 Å². The van der Waals surface area contributed by atoms with E-state index < -0.39 is 11.9 Å². The number of rotatable bonds is 8. The second-order valence-corrected chi connectivity index (χ2v) is 7.10. The molecule has 2 aromatic rings. The number of aryl methyl sites for hydroxylation is 1. The monoisotopic (exact) mass is 432 g/mol. The summed E-state index contributed by atoms with van der Waals surface area (Å²) < 4.78 is 1.90. The van der Waals surface area contributed by atoms with Crippen LogP contribution in [0.3, 0.4) is 0 Å². The van der Waals surface area contributed by atoms with Gasteiger partial charge >= 0.3 is 11.9 Å². The molecule has 2 N–H and O–H groups in total. The van der Waals surface area contributed by atoms with Gasteiger partial charge in [0.15, 0.2) is 0 Å². The summed E-state index contributed by atoms with van der Waals surface area (Å²) in [5.74, 6) is -2.51. The number of hydrogen-bond acceptors (Lipinski definition) is 5. The Morgan fingerprint density at radius 1 is 1.07 bits per heavy atom. The van der Waals surface area contributed by atoms with E-state index >= 15 is 0 Å². The first kappa shape index (κ1) is 23.3. The first-order valence-corrected chi connectivity index (χ1v) is 9.95. The summed E-state index contributed by atoms with van der Waals surface area (Å²) in [6.45, 7) is 4.29. The van der Waals surface area contributed by atoms with Crippen LogP contribution >= 0.6 is 11.6 Å². The molecule has 0 bridgehead atoms. The fourth-order valence-electron chi connectivity index (χ4n) is 2.94. The minimum atomic E-state index is -1.26. The van der Waals surface area contributed by atoms with Crippen molar-refractivity contribution >= 4 is 29.1 Å². The molecule has 1 aliphatic rings. The summed E-state index contributed by atoms with van der Waals surface area (Å²) in [4.78, 5) is 25.6. The van der Waals surface area contributed by atoms with Crippen LogP contribution in [0.25, 0.3) is 5.57 Å². The lowest BCUT2D eigenvalue weighted by molar-refractivity contribution is -0.134. The SMILES string of the molecule is Clc1ccc(C2=CCN(CCCCn3cncn3)CC2)cc1.O=C(O)C=CC(=O)O. The van der Waals surface area contributed by atoms with Gasteiger partial charge in [0.25, 0.3) is 0 Å². The van der Waals surface area contributed by atoms with Crippen molar-refractivity contribution in [2.45, 2.75) is 25.8 Å². The Kier molecular flexibility index (Phi) is 9.76. The first-order valence-electron chi connectivity index (χ1n) is 9.57. The highest BCUT2D eigenvalue weighted by Gasteiger charge is 2.12. The Balaban J connectivity index is 0.000000343. The van der Waals surface area contributed by atoms with Crippen LogP contribution in [-0.4, -0.2) is 61.5 Å². The summed E-state index contributed by atoms with van der Waals surface area (Å²) in [7, 11) is 0. The predicted molar refractivity (Wildman–Crippen MR) is 114 cm³/mol. The molecule has 0 saturated heterocycles. The smallest absolute Gasteiger partial charge is 0.328 e. The van der Waals surface area contributed by atoms with Crippen molar-refractivity contribution in [3.63, 3.8) is 0 Å². The maximum atomic E-state index is 9.55. The quantitative estimate of drug-likeness (QED) is 0.487. The summed E-state index contributed by atoms with van der Waals surface area (Å²) in [5.41, 5.74) is 2.74. The maximum Gasteiger partial charge on any atom is 0.328 e. The second kappa shape index (κ2) is 12.6. The van der Waals surface area contributed by atoms with Crippen molar-refractivity contribution in [2.24, 2.45) is 0 Å². The predicted octanol–water partition coefficient (Wildman–Crippen LogP) is 3.21. The molecular formula is C21H25ClN4O4. The van der Waals surface area contributed by atoms with Gasteiger partial charge in [-0.2, -0.15) is 5.10 Å². The van der Waals surface area contributed by atoms with Crippen molar-refractivity contribution in [1.82, 2.24) is 19.7 Å². The summed E-state index contributed by atoms with van der Waals surface area (Å²) in [6, 6.07) is 8.16. The minimum Gasteiger partial charge on any atom is -0.478 e. The highest BCUT2D eigenvalue weighted by Crippen LogP contribution is 2.23. The number of nitrogens with zero attached hydrogens (tertiary/aromatic N) is 4. The van der Waals surface area contributed by atoms with Crippen LogP contribution in [0.1, 0.15) is 24.8 Å². The van der Waals surface area contributed by atoms with Crippen LogP contribution < -0.4 is 0 Å². The molecule has 0 aliphatic carbocycles. The van der Waals surface area contributed by atoms with E-state index in [0.717, 1.165) is 44.0 Å². The van der Waals surface area contributed by atoms with Crippen LogP contribution in [-0.2, 0) is 16.1 Å². The van der Waals surface area contributed by atoms with Crippen molar-refractivity contribution < 1.29 is 19.8 Å². The molecule has 3 rings (SSSR count). The zero-order valence-corrected chi connectivity index (χ0v) is 17.3. The summed E-state index contributed by atoms with van der Waals surface area (Å²) in [5, 5.41) is 20.5. The second-order valence-electron chi connectivity index (χ2n) is 6.66. The van der Waals surface area contributed by atoms with Crippen LogP contribution in [0, 0.1) is 0 Å². The van der Waals surface area contributed by atoms with E-state index in [0.29, 0.717) is 12.2 Å². The van der Waals surface area contributed by atoms with E-state index in [1.807, 2.05) is 16.8 Å². The molecule has 1 aliphatic heterocycles. The third kappa shape index (κ3) is 9.02. The van der Waals surface area contributed by atoms with E-state index in [1.54, 1.807) is 12.7 Å². The maximum absolute atomic E-state index is 9.55. The molecule has 1 aromatic carbocycles. The number of carbonyl (C=O) groups is 2. The van der Waals surface area contributed by atoms with Gasteiger partial charge in [0.1, 0.15) is 12.7 Å². The zero-order valence-electron chi connectivity index (χ0n) is 16.5. The average molecular weight is 433 g/mol. The molecule has 8 nitrogen and oxygen atoms in total. The first-order chi connectivity index (χ1) is 14.4. The van der Waals surface area contributed by atoms with Gasteiger partial charge < -0.3 is 10.2 Å². The lowest BCUT2D eigenvalue weighted by Crippen LogP contribution is -2.29. The molecule has 0 spiro atoms. The normalized spacial score (nSPS) is 14.1. The van der Waals surface area contributed by atoms with E-state index in [-0.39, 0.29) is 0 Å². The Morgan fingerprint density at radius 3 is 2.27 bits per heavy atom. The van der Waals surface area contributed by atoms with Crippen molar-refractivity contribution in [3.05, 3.63) is 65.7 Å². The van der Waals surface area contributed by atoms with Gasteiger partial charge in [-0.3, -0.25) is 9.58 Å². The fraction of sp³-hybridized carbons (Fsp3) is 0.333. The molecular weight excluding hydrogens is 408 g/mol. The Bertz CT molecular complexity index is 848. The standard InChI is InChI=1S/C17H21ClN4.C4H4O4/c18-17-5-3-15(4-6-17)16-7-11-21(12-8-16)9-1-2-10-22-14-19-13-20-22;5-3(6)1-2-4(7)8/h3-7,13-14H,1-2,8-12H2;1-2H,(H,5,6)(H,7,8). The van der Waals surface area contributed by atoms with Crippen LogP contribution in [0.5, 0.6) is 0 Å². The van der Waals surface area contributed by atoms with E-state index in [1.165, 1.54) is 17.6 Å². The molecule has 160 valence electrons. The number of aliphatic carboxylic acids is 2. The highest BCUT2D eigenvalue weighted by atomic mass is 35.5. The molecule has 30 heavy (non-hydrogen) atoms. The number of carboxylic acids is 2. The van der Waals surface area contributed by atoms with Gasteiger partial charge in [0, 0.05) is 36.8 Å². The third-order valence-corrected chi connectivity index (χ3v) is 4.71. The van der Waals surface area contributed by atoms with Crippen LogP contribution in [0.2, 0.25) is 5.02 Å². The molecule has 1 aromatic heterocycles. The number of unbranched alkanes of at least 4 members (excludes halogenated alkanes) is 1. The van der Waals surface area contributed by atoms with Crippen LogP contribution in [0.15, 0.2) is 55.1 Å². The van der Waals surface area contributed by atoms with Gasteiger partial charge in [0.05, 0.1) is 0 Å². The van der Waals surface area contributed by atoms with E-state index in [9.17, 15) is 9.59 Å². The molecule has 0 fully saturated rings. The van der Waals surface area contributed by atoms with Gasteiger partial charge in [-0.05, 0) is 49.1 Å². The molecule has 0 atom stereocenters. The van der Waals surface area contributed by atoms with Gasteiger partial charge in [0.2, 0.25) is 0 Å². The number of benzene rings is 1. The molecule has 0 amide bonds. The van der Waals surface area contributed by atoms with Gasteiger partial charge in [-0.15, -0.1) is 0 Å². The molecule has 0 radical (unpaired) electrons. The number of aromatic nitrogens is 3. The van der Waals surface area contributed by atoms with Crippen molar-refractivity contribution in [1.29, 1.82) is 0 Å². The largest absolute Gasteiger partial charge is 0.478 e. The third-order valence-electron chi connectivity index (χ3n) is 4.45. The molecule has 0 unspecified atom stereocenters.